The number of amides is 2. The second kappa shape index (κ2) is 7.01. The molecule has 0 aliphatic heterocycles. The van der Waals surface area contributed by atoms with E-state index in [9.17, 15) is 9.59 Å². The summed E-state index contributed by atoms with van der Waals surface area (Å²) in [7, 11) is 0. The van der Waals surface area contributed by atoms with Gasteiger partial charge in [0.15, 0.2) is 0 Å². The number of nitrogens with one attached hydrogen (secondary N) is 2. The first-order chi connectivity index (χ1) is 9.94. The molecule has 1 saturated carbocycles. The minimum atomic E-state index is 0.0108. The highest BCUT2D eigenvalue weighted by Gasteiger charge is 2.41. The average Bonchev–Trinajstić information content (AvgIpc) is 2.33. The zero-order valence-corrected chi connectivity index (χ0v) is 15.4. The highest BCUT2D eigenvalue weighted by atomic mass is 16.2. The normalized spacial score (nSPS) is 27.8. The van der Waals surface area contributed by atoms with Gasteiger partial charge in [0.25, 0.3) is 0 Å². The van der Waals surface area contributed by atoms with Crippen molar-refractivity contribution >= 4 is 11.8 Å². The van der Waals surface area contributed by atoms with Gasteiger partial charge in [-0.1, -0.05) is 48.5 Å². The Balaban J connectivity index is 2.73. The standard InChI is InChI=1S/C18H34N2O2/c1-12(2)15(21)19-11-18(7)9-14(8-17(5,6)10-18)20-16(22)13(3)4/h12-14H,8-11H2,1-7H3,(H,19,21)(H,20,22). The lowest BCUT2D eigenvalue weighted by Crippen LogP contribution is -2.51. The van der Waals surface area contributed by atoms with Crippen LogP contribution in [0.1, 0.15) is 67.7 Å². The van der Waals surface area contributed by atoms with E-state index in [0.29, 0.717) is 6.54 Å². The van der Waals surface area contributed by atoms with Crippen LogP contribution in [0.3, 0.4) is 0 Å². The van der Waals surface area contributed by atoms with Gasteiger partial charge in [0.05, 0.1) is 0 Å². The van der Waals surface area contributed by atoms with Crippen molar-refractivity contribution in [3.05, 3.63) is 0 Å². The molecule has 1 fully saturated rings. The van der Waals surface area contributed by atoms with Gasteiger partial charge in [-0.05, 0) is 30.1 Å². The predicted octanol–water partition coefficient (Wildman–Crippen LogP) is 3.12. The van der Waals surface area contributed by atoms with Gasteiger partial charge in [-0.2, -0.15) is 0 Å². The zero-order valence-electron chi connectivity index (χ0n) is 15.4. The Hall–Kier alpha value is -1.06. The number of rotatable bonds is 5. The van der Waals surface area contributed by atoms with Crippen molar-refractivity contribution in [1.29, 1.82) is 0 Å². The van der Waals surface area contributed by atoms with Gasteiger partial charge in [-0.25, -0.2) is 0 Å². The van der Waals surface area contributed by atoms with Crippen molar-refractivity contribution in [2.24, 2.45) is 22.7 Å². The van der Waals surface area contributed by atoms with Gasteiger partial charge in [0, 0.05) is 24.4 Å². The molecule has 0 spiro atoms. The van der Waals surface area contributed by atoms with Gasteiger partial charge < -0.3 is 10.6 Å². The van der Waals surface area contributed by atoms with Crippen LogP contribution in [0.2, 0.25) is 0 Å². The molecule has 128 valence electrons. The number of carbonyl (C=O) groups is 2. The van der Waals surface area contributed by atoms with Crippen molar-refractivity contribution in [1.82, 2.24) is 10.6 Å². The summed E-state index contributed by atoms with van der Waals surface area (Å²) in [6.45, 7) is 15.1. The highest BCUT2D eigenvalue weighted by molar-refractivity contribution is 5.78. The quantitative estimate of drug-likeness (QED) is 0.819. The van der Waals surface area contributed by atoms with Crippen LogP contribution < -0.4 is 10.6 Å². The van der Waals surface area contributed by atoms with Crippen LogP contribution >= 0.6 is 0 Å². The molecular formula is C18H34N2O2. The molecule has 22 heavy (non-hydrogen) atoms. The Morgan fingerprint density at radius 2 is 1.55 bits per heavy atom. The first-order valence-corrected chi connectivity index (χ1v) is 8.52. The van der Waals surface area contributed by atoms with Crippen molar-refractivity contribution in [3.8, 4) is 0 Å². The van der Waals surface area contributed by atoms with Crippen LogP contribution in [0.15, 0.2) is 0 Å². The molecule has 0 bridgehead atoms. The molecule has 2 atom stereocenters. The SMILES string of the molecule is CC(C)C(=O)NCC1(C)CC(NC(=O)C(C)C)CC(C)(C)C1. The molecule has 0 saturated heterocycles. The summed E-state index contributed by atoms with van der Waals surface area (Å²) in [5.41, 5.74) is 0.200. The molecule has 0 aromatic heterocycles. The smallest absolute Gasteiger partial charge is 0.222 e. The molecule has 2 unspecified atom stereocenters. The Kier molecular flexibility index (Phi) is 6.05. The first-order valence-electron chi connectivity index (χ1n) is 8.52. The zero-order chi connectivity index (χ0) is 17.1. The fourth-order valence-corrected chi connectivity index (χ4v) is 3.74. The van der Waals surface area contributed by atoms with Crippen molar-refractivity contribution < 1.29 is 9.59 Å². The molecule has 1 aliphatic carbocycles. The molecule has 0 aromatic carbocycles. The highest BCUT2D eigenvalue weighted by Crippen LogP contribution is 2.45. The van der Waals surface area contributed by atoms with E-state index in [1.54, 1.807) is 0 Å². The van der Waals surface area contributed by atoms with Gasteiger partial charge >= 0.3 is 0 Å². The summed E-state index contributed by atoms with van der Waals surface area (Å²) >= 11 is 0. The summed E-state index contributed by atoms with van der Waals surface area (Å²) in [6, 6.07) is 0.194. The van der Waals surface area contributed by atoms with E-state index in [1.165, 1.54) is 0 Å². The minimum absolute atomic E-state index is 0.0108. The molecule has 0 radical (unpaired) electrons. The average molecular weight is 310 g/mol. The molecule has 0 heterocycles. The third-order valence-electron chi connectivity index (χ3n) is 4.53. The van der Waals surface area contributed by atoms with Crippen LogP contribution in [0.4, 0.5) is 0 Å². The Morgan fingerprint density at radius 1 is 1.00 bits per heavy atom. The van der Waals surface area contributed by atoms with Crippen LogP contribution in [0.5, 0.6) is 0 Å². The predicted molar refractivity (Wildman–Crippen MR) is 90.4 cm³/mol. The number of hydrogen-bond acceptors (Lipinski definition) is 2. The molecule has 1 aliphatic rings. The maximum Gasteiger partial charge on any atom is 0.222 e. The molecule has 0 aromatic rings. The molecule has 4 nitrogen and oxygen atoms in total. The lowest BCUT2D eigenvalue weighted by Gasteiger charge is -2.47. The second-order valence-corrected chi connectivity index (χ2v) is 8.79. The minimum Gasteiger partial charge on any atom is -0.355 e. The second-order valence-electron chi connectivity index (χ2n) is 8.79. The Labute approximate surface area is 135 Å². The van der Waals surface area contributed by atoms with Crippen molar-refractivity contribution in [2.75, 3.05) is 6.54 Å². The fraction of sp³-hybridized carbons (Fsp3) is 0.889. The summed E-state index contributed by atoms with van der Waals surface area (Å²) in [5, 5.41) is 6.26. The van der Waals surface area contributed by atoms with Crippen LogP contribution in [-0.2, 0) is 9.59 Å². The number of hydrogen-bond donors (Lipinski definition) is 2. The largest absolute Gasteiger partial charge is 0.355 e. The lowest BCUT2D eigenvalue weighted by atomic mass is 9.62. The maximum absolute atomic E-state index is 12.0. The fourth-order valence-electron chi connectivity index (χ4n) is 3.74. The van der Waals surface area contributed by atoms with E-state index in [4.69, 9.17) is 0 Å². The third kappa shape index (κ3) is 5.62. The van der Waals surface area contributed by atoms with Crippen molar-refractivity contribution in [2.45, 2.75) is 73.8 Å². The van der Waals surface area contributed by atoms with E-state index >= 15 is 0 Å². The van der Waals surface area contributed by atoms with Crippen LogP contribution in [0, 0.1) is 22.7 Å². The summed E-state index contributed by atoms with van der Waals surface area (Å²) in [6.07, 6.45) is 2.98. The van der Waals surface area contributed by atoms with E-state index < -0.39 is 0 Å². The molecule has 2 amide bonds. The third-order valence-corrected chi connectivity index (χ3v) is 4.53. The van der Waals surface area contributed by atoms with E-state index in [0.717, 1.165) is 19.3 Å². The summed E-state index contributed by atoms with van der Waals surface area (Å²) in [5.74, 6) is 0.247. The van der Waals surface area contributed by atoms with Gasteiger partial charge in [0.1, 0.15) is 0 Å². The molecule has 2 N–H and O–H groups in total. The van der Waals surface area contributed by atoms with Gasteiger partial charge in [0.2, 0.25) is 11.8 Å². The van der Waals surface area contributed by atoms with Crippen LogP contribution in [0.25, 0.3) is 0 Å². The van der Waals surface area contributed by atoms with Gasteiger partial charge in [-0.15, -0.1) is 0 Å². The molecule has 4 heteroatoms. The van der Waals surface area contributed by atoms with E-state index in [2.05, 4.69) is 31.4 Å². The topological polar surface area (TPSA) is 58.2 Å². The van der Waals surface area contributed by atoms with E-state index in [1.807, 2.05) is 27.7 Å². The first kappa shape index (κ1) is 19.0. The lowest BCUT2D eigenvalue weighted by molar-refractivity contribution is -0.127. The molecular weight excluding hydrogens is 276 g/mol. The van der Waals surface area contributed by atoms with Gasteiger partial charge in [-0.3, -0.25) is 9.59 Å². The van der Waals surface area contributed by atoms with E-state index in [-0.39, 0.29) is 40.5 Å². The summed E-state index contributed by atoms with van der Waals surface area (Å²) < 4.78 is 0. The monoisotopic (exact) mass is 310 g/mol. The summed E-state index contributed by atoms with van der Waals surface area (Å²) in [4.78, 5) is 23.9. The Bertz CT molecular complexity index is 415. The molecule has 1 rings (SSSR count). The number of carbonyl (C=O) groups excluding carboxylic acids is 2. The Morgan fingerprint density at radius 3 is 2.05 bits per heavy atom. The maximum atomic E-state index is 12.0. The van der Waals surface area contributed by atoms with Crippen LogP contribution in [-0.4, -0.2) is 24.4 Å². The van der Waals surface area contributed by atoms with Crippen molar-refractivity contribution in [3.63, 3.8) is 0 Å².